The number of carbonyl (C=O) groups excluding carboxylic acids is 1. The lowest BCUT2D eigenvalue weighted by atomic mass is 10.1. The van der Waals surface area contributed by atoms with Crippen molar-refractivity contribution in [2.45, 2.75) is 26.2 Å². The molecule has 0 fully saturated rings. The van der Waals surface area contributed by atoms with E-state index in [2.05, 4.69) is 5.32 Å². The van der Waals surface area contributed by atoms with E-state index in [9.17, 15) is 14.0 Å². The summed E-state index contributed by atoms with van der Waals surface area (Å²) in [6.07, 6.45) is 1.26. The third-order valence-electron chi connectivity index (χ3n) is 2.95. The van der Waals surface area contributed by atoms with Crippen LogP contribution in [-0.4, -0.2) is 30.1 Å². The molecule has 0 heterocycles. The zero-order chi connectivity index (χ0) is 15.7. The highest BCUT2D eigenvalue weighted by molar-refractivity contribution is 5.76. The smallest absolute Gasteiger partial charge is 0.306 e. The molecule has 0 saturated heterocycles. The highest BCUT2D eigenvalue weighted by Crippen LogP contribution is 2.11. The van der Waals surface area contributed by atoms with Crippen LogP contribution in [-0.2, 0) is 9.59 Å². The van der Waals surface area contributed by atoms with E-state index in [-0.39, 0.29) is 11.7 Å². The van der Waals surface area contributed by atoms with Gasteiger partial charge >= 0.3 is 5.97 Å². The van der Waals surface area contributed by atoms with Gasteiger partial charge in [-0.05, 0) is 37.1 Å². The zero-order valence-electron chi connectivity index (χ0n) is 12.0. The average Bonchev–Trinajstić information content (AvgIpc) is 2.45. The highest BCUT2D eigenvalue weighted by atomic mass is 19.1. The Balaban J connectivity index is 2.08. The van der Waals surface area contributed by atoms with E-state index in [0.717, 1.165) is 0 Å². The summed E-state index contributed by atoms with van der Waals surface area (Å²) in [5.41, 5.74) is 0. The summed E-state index contributed by atoms with van der Waals surface area (Å²) in [7, 11) is 0. The molecule has 1 aromatic carbocycles. The predicted octanol–water partition coefficient (Wildman–Crippen LogP) is 2.21. The van der Waals surface area contributed by atoms with Crippen molar-refractivity contribution in [3.8, 4) is 5.75 Å². The van der Waals surface area contributed by atoms with Gasteiger partial charge in [-0.2, -0.15) is 0 Å². The van der Waals surface area contributed by atoms with Crippen LogP contribution in [0, 0.1) is 11.7 Å². The van der Waals surface area contributed by atoms with Crippen LogP contribution in [0.15, 0.2) is 24.3 Å². The summed E-state index contributed by atoms with van der Waals surface area (Å²) in [5.74, 6) is -1.22. The van der Waals surface area contributed by atoms with Gasteiger partial charge in [0.25, 0.3) is 0 Å². The van der Waals surface area contributed by atoms with Crippen LogP contribution in [0.2, 0.25) is 0 Å². The number of ether oxygens (including phenoxy) is 1. The Labute approximate surface area is 123 Å². The maximum Gasteiger partial charge on any atom is 0.306 e. The van der Waals surface area contributed by atoms with Crippen LogP contribution in [0.4, 0.5) is 4.39 Å². The Bertz CT molecular complexity index is 461. The minimum atomic E-state index is -0.864. The number of nitrogens with one attached hydrogen (secondary N) is 1. The molecule has 116 valence electrons. The van der Waals surface area contributed by atoms with Gasteiger partial charge in [0.2, 0.25) is 5.91 Å². The monoisotopic (exact) mass is 297 g/mol. The SMILES string of the molecule is CC(CCNC(=O)CCCOc1ccc(F)cc1)C(=O)O. The Morgan fingerprint density at radius 2 is 2.00 bits per heavy atom. The number of carboxylic acid groups (broad SMARTS) is 1. The van der Waals surface area contributed by atoms with Crippen molar-refractivity contribution in [2.24, 2.45) is 5.92 Å². The van der Waals surface area contributed by atoms with Crippen molar-refractivity contribution in [3.63, 3.8) is 0 Å². The van der Waals surface area contributed by atoms with Crippen molar-refractivity contribution in [3.05, 3.63) is 30.1 Å². The van der Waals surface area contributed by atoms with Gasteiger partial charge in [-0.25, -0.2) is 4.39 Å². The van der Waals surface area contributed by atoms with Crippen LogP contribution < -0.4 is 10.1 Å². The minimum Gasteiger partial charge on any atom is -0.494 e. The summed E-state index contributed by atoms with van der Waals surface area (Å²) in [6, 6.07) is 5.68. The lowest BCUT2D eigenvalue weighted by molar-refractivity contribution is -0.141. The quantitative estimate of drug-likeness (QED) is 0.685. The number of carboxylic acids is 1. The number of carbonyl (C=O) groups is 2. The van der Waals surface area contributed by atoms with Crippen molar-refractivity contribution in [1.29, 1.82) is 0 Å². The third kappa shape index (κ3) is 7.29. The van der Waals surface area contributed by atoms with Gasteiger partial charge in [0.15, 0.2) is 0 Å². The Morgan fingerprint density at radius 1 is 1.33 bits per heavy atom. The first-order valence-corrected chi connectivity index (χ1v) is 6.87. The first-order valence-electron chi connectivity index (χ1n) is 6.87. The largest absolute Gasteiger partial charge is 0.494 e. The molecule has 6 heteroatoms. The number of hydrogen-bond donors (Lipinski definition) is 2. The molecule has 0 radical (unpaired) electrons. The van der Waals surface area contributed by atoms with E-state index in [1.807, 2.05) is 0 Å². The van der Waals surface area contributed by atoms with Crippen molar-refractivity contribution in [1.82, 2.24) is 5.32 Å². The first kappa shape index (κ1) is 16.9. The van der Waals surface area contributed by atoms with E-state index in [4.69, 9.17) is 9.84 Å². The van der Waals surface area contributed by atoms with Crippen LogP contribution in [0.25, 0.3) is 0 Å². The summed E-state index contributed by atoms with van der Waals surface area (Å²) < 4.78 is 18.0. The summed E-state index contributed by atoms with van der Waals surface area (Å²) in [5, 5.41) is 11.4. The molecule has 0 aliphatic rings. The van der Waals surface area contributed by atoms with Gasteiger partial charge in [-0.15, -0.1) is 0 Å². The molecule has 1 amide bonds. The van der Waals surface area contributed by atoms with Crippen LogP contribution in [0.5, 0.6) is 5.75 Å². The van der Waals surface area contributed by atoms with Gasteiger partial charge in [-0.3, -0.25) is 9.59 Å². The molecular formula is C15H20FNO4. The average molecular weight is 297 g/mol. The number of halogens is 1. The van der Waals surface area contributed by atoms with Crippen molar-refractivity contribution < 1.29 is 23.8 Å². The number of hydrogen-bond acceptors (Lipinski definition) is 3. The first-order chi connectivity index (χ1) is 9.99. The molecule has 1 unspecified atom stereocenters. The fourth-order valence-electron chi connectivity index (χ4n) is 1.59. The number of benzene rings is 1. The lowest BCUT2D eigenvalue weighted by Gasteiger charge is -2.08. The van der Waals surface area contributed by atoms with Gasteiger partial charge < -0.3 is 15.2 Å². The summed E-state index contributed by atoms with van der Waals surface area (Å²) in [4.78, 5) is 22.1. The second kappa shape index (κ2) is 8.94. The second-order valence-electron chi connectivity index (χ2n) is 4.78. The number of aliphatic carboxylic acids is 1. The molecule has 0 aliphatic carbocycles. The maximum absolute atomic E-state index is 12.7. The van der Waals surface area contributed by atoms with Crippen LogP contribution in [0.3, 0.4) is 0 Å². The molecule has 0 bridgehead atoms. The van der Waals surface area contributed by atoms with E-state index in [1.54, 1.807) is 6.92 Å². The molecule has 21 heavy (non-hydrogen) atoms. The Kier molecular flexibility index (Phi) is 7.21. The normalized spacial score (nSPS) is 11.7. The molecule has 0 saturated carbocycles. The molecule has 0 spiro atoms. The van der Waals surface area contributed by atoms with E-state index in [0.29, 0.717) is 38.2 Å². The molecule has 0 aliphatic heterocycles. The molecule has 5 nitrogen and oxygen atoms in total. The molecule has 1 atom stereocenters. The molecule has 1 rings (SSSR count). The zero-order valence-corrected chi connectivity index (χ0v) is 12.0. The van der Waals surface area contributed by atoms with E-state index >= 15 is 0 Å². The minimum absolute atomic E-state index is 0.129. The summed E-state index contributed by atoms with van der Waals surface area (Å²) >= 11 is 0. The Hall–Kier alpha value is -2.11. The van der Waals surface area contributed by atoms with Crippen LogP contribution >= 0.6 is 0 Å². The maximum atomic E-state index is 12.7. The fraction of sp³-hybridized carbons (Fsp3) is 0.467. The highest BCUT2D eigenvalue weighted by Gasteiger charge is 2.10. The fourth-order valence-corrected chi connectivity index (χ4v) is 1.59. The van der Waals surface area contributed by atoms with Crippen LogP contribution in [0.1, 0.15) is 26.2 Å². The van der Waals surface area contributed by atoms with Crippen molar-refractivity contribution >= 4 is 11.9 Å². The lowest BCUT2D eigenvalue weighted by Crippen LogP contribution is -2.27. The molecule has 2 N–H and O–H groups in total. The number of amides is 1. The van der Waals surface area contributed by atoms with E-state index in [1.165, 1.54) is 24.3 Å². The van der Waals surface area contributed by atoms with Gasteiger partial charge in [0.1, 0.15) is 11.6 Å². The summed E-state index contributed by atoms with van der Waals surface area (Å²) in [6.45, 7) is 2.32. The Morgan fingerprint density at radius 3 is 2.62 bits per heavy atom. The number of rotatable bonds is 9. The predicted molar refractivity (Wildman–Crippen MR) is 75.6 cm³/mol. The molecular weight excluding hydrogens is 277 g/mol. The van der Waals surface area contributed by atoms with Gasteiger partial charge in [0, 0.05) is 13.0 Å². The van der Waals surface area contributed by atoms with Crippen molar-refractivity contribution in [2.75, 3.05) is 13.2 Å². The molecule has 1 aromatic rings. The third-order valence-corrected chi connectivity index (χ3v) is 2.95. The van der Waals surface area contributed by atoms with Gasteiger partial charge in [0.05, 0.1) is 12.5 Å². The molecule has 0 aromatic heterocycles. The topological polar surface area (TPSA) is 75.6 Å². The second-order valence-corrected chi connectivity index (χ2v) is 4.78. The van der Waals surface area contributed by atoms with E-state index < -0.39 is 11.9 Å². The van der Waals surface area contributed by atoms with Gasteiger partial charge in [-0.1, -0.05) is 6.92 Å². The standard InChI is InChI=1S/C15H20FNO4/c1-11(15(19)20)8-9-17-14(18)3-2-10-21-13-6-4-12(16)5-7-13/h4-7,11H,2-3,8-10H2,1H3,(H,17,18)(H,19,20).